The summed E-state index contributed by atoms with van der Waals surface area (Å²) < 4.78 is 5.77. The van der Waals surface area contributed by atoms with Crippen molar-refractivity contribution in [1.29, 1.82) is 0 Å². The molecule has 4 N–H and O–H groups in total. The highest BCUT2D eigenvalue weighted by Gasteiger charge is 2.31. The molecule has 3 fully saturated rings. The molecule has 0 radical (unpaired) electrons. The number of nitrogens with zero attached hydrogens (tertiary/aromatic N) is 12. The summed E-state index contributed by atoms with van der Waals surface area (Å²) in [5.74, 6) is 1.78. The van der Waals surface area contributed by atoms with Crippen LogP contribution in [0.5, 0.6) is 0 Å². The average molecular weight is 746 g/mol. The number of nitrogens with one attached hydrogen (secondary N) is 4. The molecule has 0 amide bonds. The van der Waals surface area contributed by atoms with Gasteiger partial charge in [0.05, 0.1) is 34.2 Å². The van der Waals surface area contributed by atoms with E-state index in [9.17, 15) is 0 Å². The Kier molecular flexibility index (Phi) is 7.84. The molecule has 0 spiro atoms. The third kappa shape index (κ3) is 5.76. The van der Waals surface area contributed by atoms with E-state index in [1.54, 1.807) is 12.4 Å². The number of fused-ring (bicyclic) bond motifs is 2. The van der Waals surface area contributed by atoms with E-state index in [-0.39, 0.29) is 0 Å². The van der Waals surface area contributed by atoms with Gasteiger partial charge in [-0.1, -0.05) is 4.68 Å². The minimum atomic E-state index is 0.450. The number of aromatic amines is 2. The van der Waals surface area contributed by atoms with Crippen molar-refractivity contribution in [2.75, 3.05) is 43.0 Å². The summed E-state index contributed by atoms with van der Waals surface area (Å²) in [5.41, 5.74) is 7.64. The molecule has 2 unspecified atom stereocenters. The highest BCUT2D eigenvalue weighted by atomic mass is 15.3. The summed E-state index contributed by atoms with van der Waals surface area (Å²) in [6.07, 6.45) is 16.2. The minimum Gasteiger partial charge on any atom is -0.354 e. The zero-order valence-electron chi connectivity index (χ0n) is 30.9. The van der Waals surface area contributed by atoms with Crippen LogP contribution in [0.4, 0.5) is 11.6 Å². The molecule has 280 valence electrons. The van der Waals surface area contributed by atoms with Crippen LogP contribution < -0.4 is 25.1 Å². The van der Waals surface area contributed by atoms with E-state index in [1.807, 2.05) is 57.9 Å². The van der Waals surface area contributed by atoms with Crippen LogP contribution in [0.1, 0.15) is 25.7 Å². The van der Waals surface area contributed by atoms with Crippen LogP contribution in [0.25, 0.3) is 61.4 Å². The Bertz CT molecular complexity index is 2640. The van der Waals surface area contributed by atoms with Crippen molar-refractivity contribution in [3.05, 3.63) is 91.8 Å². The summed E-state index contributed by atoms with van der Waals surface area (Å²) >= 11 is 0. The molecule has 6 aromatic heterocycles. The first-order chi connectivity index (χ1) is 27.7. The Balaban J connectivity index is 1.03. The van der Waals surface area contributed by atoms with E-state index in [0.717, 1.165) is 112 Å². The fourth-order valence-electron chi connectivity index (χ4n) is 8.37. The van der Waals surface area contributed by atoms with Crippen LogP contribution in [-0.2, 0) is 0 Å². The van der Waals surface area contributed by atoms with E-state index < -0.39 is 0 Å². The molecular weight excluding hydrogens is 705 g/mol. The number of H-pyrrole nitrogens is 2. The first kappa shape index (κ1) is 32.9. The molecule has 56 heavy (non-hydrogen) atoms. The van der Waals surface area contributed by atoms with Crippen molar-refractivity contribution in [2.45, 2.75) is 43.8 Å². The van der Waals surface area contributed by atoms with Crippen LogP contribution in [0, 0.1) is 0 Å². The molecule has 3 aliphatic rings. The second kappa shape index (κ2) is 13.3. The Morgan fingerprint density at radius 1 is 0.714 bits per heavy atom. The van der Waals surface area contributed by atoms with Crippen molar-refractivity contribution in [3.63, 3.8) is 0 Å². The Morgan fingerprint density at radius 2 is 1.43 bits per heavy atom. The van der Waals surface area contributed by atoms with Gasteiger partial charge in [-0.05, 0) is 81.3 Å². The molecule has 8 heterocycles. The molecular formula is C40H41N16+. The number of hydrogen-bond acceptors (Lipinski definition) is 11. The van der Waals surface area contributed by atoms with Gasteiger partial charge in [-0.2, -0.15) is 20.4 Å². The molecule has 16 heteroatoms. The molecule has 2 atom stereocenters. The number of rotatable bonds is 10. The quantitative estimate of drug-likeness (QED) is 0.151. The van der Waals surface area contributed by atoms with Crippen molar-refractivity contribution >= 4 is 33.4 Å². The monoisotopic (exact) mass is 745 g/mol. The van der Waals surface area contributed by atoms with Gasteiger partial charge in [0.2, 0.25) is 6.20 Å². The van der Waals surface area contributed by atoms with Gasteiger partial charge in [-0.25, -0.2) is 9.36 Å². The summed E-state index contributed by atoms with van der Waals surface area (Å²) in [6, 6.07) is 20.1. The maximum absolute atomic E-state index is 4.80. The number of anilines is 2. The maximum atomic E-state index is 4.80. The summed E-state index contributed by atoms with van der Waals surface area (Å²) in [7, 11) is 2.01. The van der Waals surface area contributed by atoms with Crippen molar-refractivity contribution < 1.29 is 4.68 Å². The van der Waals surface area contributed by atoms with E-state index >= 15 is 0 Å². The average Bonchev–Trinajstić information content (AvgIpc) is 3.99. The van der Waals surface area contributed by atoms with Gasteiger partial charge in [-0.15, -0.1) is 20.4 Å². The van der Waals surface area contributed by atoms with Crippen LogP contribution >= 0.6 is 0 Å². The summed E-state index contributed by atoms with van der Waals surface area (Å²) in [6.45, 7) is 3.79. The summed E-state index contributed by atoms with van der Waals surface area (Å²) in [5, 5.41) is 48.8. The lowest BCUT2D eigenvalue weighted by Gasteiger charge is -2.17. The van der Waals surface area contributed by atoms with E-state index in [0.29, 0.717) is 18.1 Å². The van der Waals surface area contributed by atoms with Gasteiger partial charge >= 0.3 is 0 Å². The number of likely N-dealkylation sites (N-methyl/N-ethyl adjacent to an activating group) is 1. The number of aromatic nitrogens is 12. The third-order valence-corrected chi connectivity index (χ3v) is 11.5. The van der Waals surface area contributed by atoms with Gasteiger partial charge in [0.1, 0.15) is 5.52 Å². The lowest BCUT2D eigenvalue weighted by atomic mass is 10.0. The first-order valence-corrected chi connectivity index (χ1v) is 19.4. The molecule has 2 aliphatic heterocycles. The molecule has 1 saturated carbocycles. The first-order valence-electron chi connectivity index (χ1n) is 19.4. The molecule has 8 aromatic rings. The predicted octanol–water partition coefficient (Wildman–Crippen LogP) is 3.74. The lowest BCUT2D eigenvalue weighted by Crippen LogP contribution is -2.34. The second-order valence-corrected chi connectivity index (χ2v) is 15.0. The topological polar surface area (TPSA) is 166 Å². The van der Waals surface area contributed by atoms with Crippen LogP contribution in [-0.4, -0.2) is 107 Å². The van der Waals surface area contributed by atoms with E-state index in [2.05, 4.69) is 88.5 Å². The molecule has 2 aromatic carbocycles. The zero-order chi connectivity index (χ0) is 37.2. The van der Waals surface area contributed by atoms with Crippen LogP contribution in [0.3, 0.4) is 0 Å². The fourth-order valence-corrected chi connectivity index (χ4v) is 8.37. The smallest absolute Gasteiger partial charge is 0.264 e. The molecule has 11 rings (SSSR count). The van der Waals surface area contributed by atoms with Crippen molar-refractivity contribution in [2.24, 2.45) is 0 Å². The highest BCUT2D eigenvalue weighted by molar-refractivity contribution is 6.01. The Labute approximate surface area is 321 Å². The third-order valence-electron chi connectivity index (χ3n) is 11.5. The molecule has 2 saturated heterocycles. The Hall–Kier alpha value is -6.52. The fraction of sp³-hybridized carbons (Fsp3) is 0.300. The lowest BCUT2D eigenvalue weighted by molar-refractivity contribution is -0.652. The minimum absolute atomic E-state index is 0.450. The van der Waals surface area contributed by atoms with E-state index in [1.165, 1.54) is 12.8 Å². The van der Waals surface area contributed by atoms with Gasteiger partial charge in [0.15, 0.2) is 17.3 Å². The molecule has 16 nitrogen and oxygen atoms in total. The SMILES string of the molecule is CNC1CCN(c2ccc(-c3cc(-[n+]4cc5c(-c6ccc(N7CCC(NC8CC8)C7)nn6)ccc(-n6cccn6)c5[nH]4)c(-n4cccn4)c4[nH]ncc34)nn2)C1. The van der Waals surface area contributed by atoms with Crippen molar-refractivity contribution in [3.8, 4) is 39.6 Å². The highest BCUT2D eigenvalue weighted by Crippen LogP contribution is 2.36. The van der Waals surface area contributed by atoms with Gasteiger partial charge in [0.25, 0.3) is 5.69 Å². The number of benzene rings is 2. The number of hydrogen-bond donors (Lipinski definition) is 4. The van der Waals surface area contributed by atoms with Crippen LogP contribution in [0.15, 0.2) is 91.8 Å². The Morgan fingerprint density at radius 3 is 2.09 bits per heavy atom. The van der Waals surface area contributed by atoms with Gasteiger partial charge < -0.3 is 20.4 Å². The largest absolute Gasteiger partial charge is 0.354 e. The molecule has 0 bridgehead atoms. The maximum Gasteiger partial charge on any atom is 0.264 e. The van der Waals surface area contributed by atoms with Crippen LogP contribution in [0.2, 0.25) is 0 Å². The predicted molar refractivity (Wildman–Crippen MR) is 212 cm³/mol. The second-order valence-electron chi connectivity index (χ2n) is 15.0. The summed E-state index contributed by atoms with van der Waals surface area (Å²) in [4.78, 5) is 4.61. The van der Waals surface area contributed by atoms with Crippen molar-refractivity contribution in [1.82, 2.24) is 65.9 Å². The van der Waals surface area contributed by atoms with Gasteiger partial charge in [-0.3, -0.25) is 5.10 Å². The zero-order valence-corrected chi connectivity index (χ0v) is 30.9. The normalized spacial score (nSPS) is 18.6. The van der Waals surface area contributed by atoms with Gasteiger partial charge in [0, 0.05) is 91.7 Å². The van der Waals surface area contributed by atoms with E-state index in [4.69, 9.17) is 20.4 Å². The standard InChI is InChI=1S/C40H40N16/c1-41-26-12-18-52(22-26)36-11-8-33(47-49-36)29-20-35(40(55-17-3-15-44-55)39-30(29)21-42-50-39)56-24-31-28(6-9-34(38(31)51-56)54-16-2-14-43-54)32-7-10-37(48-46-32)53-19-13-27(23-53)45-25-4-5-25/h2-3,6-11,14-17,20-21,24-27,41,45H,4-5,12-13,18-19,22-23H2,1H3,(H,42,47,50)/p+1. The molecule has 1 aliphatic carbocycles.